The van der Waals surface area contributed by atoms with Crippen molar-refractivity contribution in [2.24, 2.45) is 0 Å². The number of nitrogens with zero attached hydrogens (tertiary/aromatic N) is 2. The van der Waals surface area contributed by atoms with Crippen LogP contribution in [-0.2, 0) is 16.1 Å². The minimum absolute atomic E-state index is 0.0326. The number of carbonyl (C=O) groups excluding carboxylic acids is 4. The highest BCUT2D eigenvalue weighted by Crippen LogP contribution is 2.25. The van der Waals surface area contributed by atoms with E-state index >= 15 is 0 Å². The summed E-state index contributed by atoms with van der Waals surface area (Å²) >= 11 is 12.3. The van der Waals surface area contributed by atoms with Crippen LogP contribution in [0.1, 0.15) is 66.3 Å². The third kappa shape index (κ3) is 6.21. The lowest BCUT2D eigenvalue weighted by molar-refractivity contribution is -0.141. The first-order valence-corrected chi connectivity index (χ1v) is 12.4. The Kier molecular flexibility index (Phi) is 8.92. The molecule has 186 valence electrons. The molecule has 0 aliphatic carbocycles. The lowest BCUT2D eigenvalue weighted by atomic mass is 10.1. The topological polar surface area (TPSA) is 86.8 Å². The van der Waals surface area contributed by atoms with E-state index in [4.69, 9.17) is 23.2 Å². The summed E-state index contributed by atoms with van der Waals surface area (Å²) in [5.41, 5.74) is 1.41. The van der Waals surface area contributed by atoms with E-state index < -0.39 is 6.04 Å². The molecule has 0 unspecified atom stereocenters. The molecule has 4 amide bonds. The third-order valence-corrected chi connectivity index (χ3v) is 6.76. The number of rotatable bonds is 10. The summed E-state index contributed by atoms with van der Waals surface area (Å²) < 4.78 is 0. The molecule has 0 aromatic heterocycles. The van der Waals surface area contributed by atoms with E-state index in [1.807, 2.05) is 13.8 Å². The Morgan fingerprint density at radius 2 is 1.66 bits per heavy atom. The zero-order valence-electron chi connectivity index (χ0n) is 20.0. The van der Waals surface area contributed by atoms with Gasteiger partial charge in [0.25, 0.3) is 11.8 Å². The van der Waals surface area contributed by atoms with Crippen molar-refractivity contribution in [2.75, 3.05) is 6.54 Å². The first-order chi connectivity index (χ1) is 16.6. The molecule has 1 N–H and O–H groups in total. The van der Waals surface area contributed by atoms with Crippen molar-refractivity contribution < 1.29 is 19.2 Å². The predicted octanol–water partition coefficient (Wildman–Crippen LogP) is 4.70. The molecule has 35 heavy (non-hydrogen) atoms. The van der Waals surface area contributed by atoms with Crippen LogP contribution in [0.5, 0.6) is 0 Å². The summed E-state index contributed by atoms with van der Waals surface area (Å²) in [5.74, 6) is -1.26. The monoisotopic (exact) mass is 517 g/mol. The lowest BCUT2D eigenvalue weighted by Gasteiger charge is -2.30. The maximum atomic E-state index is 13.3. The first-order valence-electron chi connectivity index (χ1n) is 11.6. The maximum absolute atomic E-state index is 13.3. The highest BCUT2D eigenvalue weighted by atomic mass is 35.5. The van der Waals surface area contributed by atoms with Gasteiger partial charge in [0.1, 0.15) is 6.04 Å². The summed E-state index contributed by atoms with van der Waals surface area (Å²) in [6.07, 6.45) is 1.09. The van der Waals surface area contributed by atoms with E-state index in [9.17, 15) is 19.2 Å². The van der Waals surface area contributed by atoms with Gasteiger partial charge in [0.2, 0.25) is 11.8 Å². The summed E-state index contributed by atoms with van der Waals surface area (Å²) in [7, 11) is 0. The molecule has 0 bridgehead atoms. The molecule has 2 aromatic carbocycles. The molecule has 0 radical (unpaired) electrons. The molecule has 7 nitrogen and oxygen atoms in total. The van der Waals surface area contributed by atoms with Crippen LogP contribution in [0.4, 0.5) is 0 Å². The van der Waals surface area contributed by atoms with Crippen LogP contribution in [0.25, 0.3) is 0 Å². The number of benzene rings is 2. The van der Waals surface area contributed by atoms with Crippen molar-refractivity contribution in [3.63, 3.8) is 0 Å². The molecular weight excluding hydrogens is 489 g/mol. The van der Waals surface area contributed by atoms with E-state index in [1.54, 1.807) is 49.4 Å². The van der Waals surface area contributed by atoms with Gasteiger partial charge in [-0.1, -0.05) is 48.3 Å². The van der Waals surface area contributed by atoms with Crippen molar-refractivity contribution >= 4 is 46.8 Å². The Balaban J connectivity index is 1.70. The van der Waals surface area contributed by atoms with Gasteiger partial charge < -0.3 is 10.2 Å². The predicted molar refractivity (Wildman–Crippen MR) is 135 cm³/mol. The largest absolute Gasteiger partial charge is 0.352 e. The van der Waals surface area contributed by atoms with Crippen LogP contribution in [0, 0.1) is 0 Å². The number of hydrogen-bond acceptors (Lipinski definition) is 4. The third-order valence-electron chi connectivity index (χ3n) is 6.17. The molecule has 2 atom stereocenters. The van der Waals surface area contributed by atoms with Gasteiger partial charge >= 0.3 is 0 Å². The minimum atomic E-state index is -0.748. The Labute approximate surface area is 215 Å². The van der Waals surface area contributed by atoms with Crippen LogP contribution in [-0.4, -0.2) is 52.1 Å². The van der Waals surface area contributed by atoms with E-state index in [0.29, 0.717) is 26.7 Å². The molecule has 0 spiro atoms. The SMILES string of the molecule is CC[C@H](C)NC(=O)[C@@H](C)N(Cc1ccc(Cl)cc1Cl)C(=O)CCCN1C(=O)c2ccccc2C1=O. The summed E-state index contributed by atoms with van der Waals surface area (Å²) in [6, 6.07) is 10.9. The standard InChI is InChI=1S/C26H29Cl2N3O4/c1-4-16(2)29-24(33)17(3)31(15-18-11-12-19(27)14-22(18)28)23(32)10-7-13-30-25(34)20-8-5-6-9-21(20)26(30)35/h5-6,8-9,11-12,14,16-17H,4,7,10,13,15H2,1-3H3,(H,29,33)/t16-,17+/m0/s1. The van der Waals surface area contributed by atoms with Gasteiger partial charge in [0.15, 0.2) is 0 Å². The van der Waals surface area contributed by atoms with Crippen LogP contribution < -0.4 is 5.32 Å². The van der Waals surface area contributed by atoms with Gasteiger partial charge in [-0.15, -0.1) is 0 Å². The highest BCUT2D eigenvalue weighted by molar-refractivity contribution is 6.35. The molecule has 2 aromatic rings. The summed E-state index contributed by atoms with van der Waals surface area (Å²) in [5, 5.41) is 3.78. The fourth-order valence-corrected chi connectivity index (χ4v) is 4.32. The molecule has 1 heterocycles. The van der Waals surface area contributed by atoms with E-state index in [1.165, 1.54) is 4.90 Å². The van der Waals surface area contributed by atoms with Gasteiger partial charge in [-0.25, -0.2) is 0 Å². The van der Waals surface area contributed by atoms with Crippen molar-refractivity contribution in [3.05, 3.63) is 69.2 Å². The number of hydrogen-bond donors (Lipinski definition) is 1. The van der Waals surface area contributed by atoms with Crippen LogP contribution >= 0.6 is 23.2 Å². The molecule has 0 saturated heterocycles. The number of halogens is 2. The summed E-state index contributed by atoms with van der Waals surface area (Å²) in [4.78, 5) is 53.9. The fraction of sp³-hybridized carbons (Fsp3) is 0.385. The average Bonchev–Trinajstić information content (AvgIpc) is 3.08. The van der Waals surface area contributed by atoms with Gasteiger partial charge in [-0.2, -0.15) is 0 Å². The number of carbonyl (C=O) groups is 4. The van der Waals surface area contributed by atoms with Crippen LogP contribution in [0.2, 0.25) is 10.0 Å². The van der Waals surface area contributed by atoms with Crippen molar-refractivity contribution in [1.82, 2.24) is 15.1 Å². The van der Waals surface area contributed by atoms with E-state index in [2.05, 4.69) is 5.32 Å². The second-order valence-electron chi connectivity index (χ2n) is 8.66. The quantitative estimate of drug-likeness (QED) is 0.462. The first kappa shape index (κ1) is 26.7. The van der Waals surface area contributed by atoms with Crippen LogP contribution in [0.15, 0.2) is 42.5 Å². The zero-order chi connectivity index (χ0) is 25.7. The summed E-state index contributed by atoms with van der Waals surface area (Å²) in [6.45, 7) is 5.77. The maximum Gasteiger partial charge on any atom is 0.261 e. The Morgan fingerprint density at radius 3 is 2.23 bits per heavy atom. The van der Waals surface area contributed by atoms with Gasteiger partial charge in [-0.3, -0.25) is 24.1 Å². The number of nitrogens with one attached hydrogen (secondary N) is 1. The molecule has 0 saturated carbocycles. The number of amides is 4. The minimum Gasteiger partial charge on any atom is -0.352 e. The fourth-order valence-electron chi connectivity index (χ4n) is 3.86. The molecule has 1 aliphatic rings. The Morgan fingerprint density at radius 1 is 1.03 bits per heavy atom. The number of imide groups is 1. The number of fused-ring (bicyclic) bond motifs is 1. The van der Waals surface area contributed by atoms with Gasteiger partial charge in [0.05, 0.1) is 11.1 Å². The molecule has 1 aliphatic heterocycles. The highest BCUT2D eigenvalue weighted by Gasteiger charge is 2.35. The average molecular weight is 518 g/mol. The normalized spacial score (nSPS) is 14.5. The van der Waals surface area contributed by atoms with E-state index in [-0.39, 0.29) is 55.6 Å². The second kappa shape index (κ2) is 11.7. The smallest absolute Gasteiger partial charge is 0.261 e. The van der Waals surface area contributed by atoms with Gasteiger partial charge in [0, 0.05) is 35.6 Å². The molecule has 3 rings (SSSR count). The molecule has 0 fully saturated rings. The Hall–Kier alpha value is -2.90. The van der Waals surface area contributed by atoms with Crippen molar-refractivity contribution in [3.8, 4) is 0 Å². The zero-order valence-corrected chi connectivity index (χ0v) is 21.5. The Bertz CT molecular complexity index is 1100. The second-order valence-corrected chi connectivity index (χ2v) is 9.51. The van der Waals surface area contributed by atoms with Gasteiger partial charge in [-0.05, 0) is 56.5 Å². The van der Waals surface area contributed by atoms with Crippen LogP contribution in [0.3, 0.4) is 0 Å². The lowest BCUT2D eigenvalue weighted by Crippen LogP contribution is -2.49. The molecule has 9 heteroatoms. The van der Waals surface area contributed by atoms with Crippen molar-refractivity contribution in [2.45, 2.75) is 58.7 Å². The molecular formula is C26H29Cl2N3O4. The van der Waals surface area contributed by atoms with Crippen molar-refractivity contribution in [1.29, 1.82) is 0 Å². The van der Waals surface area contributed by atoms with E-state index in [0.717, 1.165) is 11.3 Å².